The van der Waals surface area contributed by atoms with Crippen molar-refractivity contribution in [3.8, 4) is 34.0 Å². The zero-order valence-electron chi connectivity index (χ0n) is 25.9. The molecule has 1 N–H and O–H groups in total. The van der Waals surface area contributed by atoms with Gasteiger partial charge in [-0.2, -0.15) is 5.21 Å². The number of nitrogens with one attached hydrogen (secondary N) is 1. The van der Waals surface area contributed by atoms with E-state index >= 15 is 0 Å². The number of hydrogen-bond acceptors (Lipinski definition) is 7. The number of para-hydroxylation sites is 2. The topological polar surface area (TPSA) is 104 Å². The molecule has 0 bridgehead atoms. The maximum absolute atomic E-state index is 6.68. The van der Waals surface area contributed by atoms with Crippen LogP contribution in [0.25, 0.3) is 22.5 Å². The van der Waals surface area contributed by atoms with Gasteiger partial charge in [-0.05, 0) is 59.0 Å². The molecule has 46 heavy (non-hydrogen) atoms. The molecule has 9 heteroatoms. The molecule has 2 heterocycles. The molecule has 0 unspecified atom stereocenters. The molecule has 1 aliphatic rings. The molecule has 9 nitrogen and oxygen atoms in total. The first-order valence-corrected chi connectivity index (χ1v) is 16.1. The van der Waals surface area contributed by atoms with Gasteiger partial charge in [0.2, 0.25) is 11.6 Å². The fourth-order valence-corrected chi connectivity index (χ4v) is 6.22. The average molecular weight is 612 g/mol. The molecule has 0 atom stereocenters. The minimum absolute atomic E-state index is 0.286. The van der Waals surface area contributed by atoms with Gasteiger partial charge in [-0.3, -0.25) is 0 Å². The Bertz CT molecular complexity index is 1790. The van der Waals surface area contributed by atoms with Crippen LogP contribution >= 0.6 is 0 Å². The smallest absolute Gasteiger partial charge is 0.314 e. The fraction of sp³-hybridized carbons (Fsp3) is 0.270. The Morgan fingerprint density at radius 1 is 0.761 bits per heavy atom. The Balaban J connectivity index is 1.25. The van der Waals surface area contributed by atoms with Crippen LogP contribution in [0.3, 0.4) is 0 Å². The second-order valence-electron chi connectivity index (χ2n) is 11.7. The van der Waals surface area contributed by atoms with Crippen LogP contribution in [0.15, 0.2) is 109 Å². The predicted molar refractivity (Wildman–Crippen MR) is 176 cm³/mol. The highest BCUT2D eigenvalue weighted by molar-refractivity contribution is 5.80. The number of aromatic nitrogens is 7. The monoisotopic (exact) mass is 611 g/mol. The van der Waals surface area contributed by atoms with Gasteiger partial charge in [-0.25, -0.2) is 9.67 Å². The van der Waals surface area contributed by atoms with Crippen molar-refractivity contribution in [1.29, 1.82) is 0 Å². The summed E-state index contributed by atoms with van der Waals surface area (Å²) in [4.78, 5) is 5.22. The van der Waals surface area contributed by atoms with E-state index in [0.29, 0.717) is 36.0 Å². The Morgan fingerprint density at radius 3 is 2.00 bits per heavy atom. The molecule has 1 aliphatic carbocycles. The van der Waals surface area contributed by atoms with Gasteiger partial charge < -0.3 is 9.47 Å². The van der Waals surface area contributed by atoms with Gasteiger partial charge in [-0.15, -0.1) is 15.3 Å². The van der Waals surface area contributed by atoms with Gasteiger partial charge in [0, 0.05) is 18.4 Å². The van der Waals surface area contributed by atoms with Crippen molar-refractivity contribution in [1.82, 2.24) is 35.4 Å². The molecule has 2 aromatic heterocycles. The summed E-state index contributed by atoms with van der Waals surface area (Å²) in [5.74, 6) is 2.21. The number of nitrogens with zero attached hydrogens (tertiary/aromatic N) is 6. The van der Waals surface area contributed by atoms with Crippen LogP contribution in [0, 0.1) is 0 Å². The van der Waals surface area contributed by atoms with Gasteiger partial charge in [0.15, 0.2) is 0 Å². The molecule has 0 amide bonds. The van der Waals surface area contributed by atoms with Gasteiger partial charge in [0.1, 0.15) is 17.3 Å². The summed E-state index contributed by atoms with van der Waals surface area (Å²) in [5.41, 5.74) is 4.20. The van der Waals surface area contributed by atoms with Crippen LogP contribution in [0.1, 0.15) is 68.7 Å². The van der Waals surface area contributed by atoms with Crippen molar-refractivity contribution >= 4 is 0 Å². The van der Waals surface area contributed by atoms with E-state index in [1.807, 2.05) is 78.9 Å². The molecule has 0 aliphatic heterocycles. The third kappa shape index (κ3) is 6.26. The van der Waals surface area contributed by atoms with E-state index in [0.717, 1.165) is 40.9 Å². The quantitative estimate of drug-likeness (QED) is 0.148. The Labute approximate surface area is 268 Å². The van der Waals surface area contributed by atoms with Crippen LogP contribution in [0.4, 0.5) is 0 Å². The first-order valence-electron chi connectivity index (χ1n) is 16.1. The molecule has 6 aromatic rings. The molecule has 4 aromatic carbocycles. The van der Waals surface area contributed by atoms with Gasteiger partial charge >= 0.3 is 5.79 Å². The van der Waals surface area contributed by atoms with Crippen LogP contribution < -0.4 is 9.47 Å². The molecule has 232 valence electrons. The summed E-state index contributed by atoms with van der Waals surface area (Å²) in [7, 11) is 0. The lowest BCUT2D eigenvalue weighted by Gasteiger charge is -2.31. The Hall–Kier alpha value is -5.31. The first kappa shape index (κ1) is 29.4. The Kier molecular flexibility index (Phi) is 8.54. The molecule has 0 radical (unpaired) electrons. The van der Waals surface area contributed by atoms with E-state index in [4.69, 9.17) is 19.6 Å². The number of tetrazole rings is 1. The minimum Gasteiger partial charge on any atom is -0.445 e. The summed E-state index contributed by atoms with van der Waals surface area (Å²) in [6.45, 7) is 2.05. The number of aromatic amines is 1. The number of benzene rings is 4. The zero-order chi connectivity index (χ0) is 31.2. The summed E-state index contributed by atoms with van der Waals surface area (Å²) >= 11 is 0. The summed E-state index contributed by atoms with van der Waals surface area (Å²) in [5, 5.41) is 19.9. The highest BCUT2D eigenvalue weighted by Crippen LogP contribution is 2.36. The largest absolute Gasteiger partial charge is 0.445 e. The third-order valence-corrected chi connectivity index (χ3v) is 8.62. The average Bonchev–Trinajstić information content (AvgIpc) is 3.81. The van der Waals surface area contributed by atoms with Crippen molar-refractivity contribution in [2.45, 2.75) is 63.7 Å². The second-order valence-corrected chi connectivity index (χ2v) is 11.7. The molecule has 1 saturated carbocycles. The summed E-state index contributed by atoms with van der Waals surface area (Å²) in [6.07, 6.45) is 6.94. The van der Waals surface area contributed by atoms with Crippen molar-refractivity contribution in [2.24, 2.45) is 0 Å². The maximum Gasteiger partial charge on any atom is 0.314 e. The van der Waals surface area contributed by atoms with E-state index < -0.39 is 5.79 Å². The van der Waals surface area contributed by atoms with Crippen LogP contribution in [-0.4, -0.2) is 35.4 Å². The highest BCUT2D eigenvalue weighted by Gasteiger charge is 2.42. The van der Waals surface area contributed by atoms with Crippen LogP contribution in [-0.2, 0) is 12.2 Å². The van der Waals surface area contributed by atoms with Gasteiger partial charge in [0.05, 0.1) is 6.04 Å². The number of H-pyrrole nitrogens is 1. The van der Waals surface area contributed by atoms with Gasteiger partial charge in [-0.1, -0.05) is 111 Å². The predicted octanol–water partition coefficient (Wildman–Crippen LogP) is 7.94. The molecular formula is C37H37N7O2. The van der Waals surface area contributed by atoms with Crippen molar-refractivity contribution in [3.05, 3.63) is 126 Å². The lowest BCUT2D eigenvalue weighted by atomic mass is 9.95. The van der Waals surface area contributed by atoms with Crippen molar-refractivity contribution in [2.75, 3.05) is 0 Å². The summed E-state index contributed by atoms with van der Waals surface area (Å²) in [6, 6.07) is 36.5. The molecule has 7 rings (SSSR count). The molecule has 0 spiro atoms. The summed E-state index contributed by atoms with van der Waals surface area (Å²) < 4.78 is 15.5. The van der Waals surface area contributed by atoms with Crippen molar-refractivity contribution < 1.29 is 9.47 Å². The third-order valence-electron chi connectivity index (χ3n) is 8.62. The normalized spacial score (nSPS) is 13.8. The first-order chi connectivity index (χ1) is 22.7. The minimum atomic E-state index is -1.21. The number of rotatable bonds is 11. The van der Waals surface area contributed by atoms with E-state index in [-0.39, 0.29) is 6.04 Å². The van der Waals surface area contributed by atoms with Crippen LogP contribution in [0.5, 0.6) is 11.5 Å². The number of ether oxygens (including phenoxy) is 2. The van der Waals surface area contributed by atoms with Crippen molar-refractivity contribution in [3.63, 3.8) is 0 Å². The lowest BCUT2D eigenvalue weighted by molar-refractivity contribution is -0.131. The molecule has 1 fully saturated rings. The fourth-order valence-electron chi connectivity index (χ4n) is 6.22. The molecular weight excluding hydrogens is 574 g/mol. The highest BCUT2D eigenvalue weighted by atomic mass is 16.7. The Morgan fingerprint density at radius 2 is 1.39 bits per heavy atom. The lowest BCUT2D eigenvalue weighted by Crippen LogP contribution is -2.40. The SMILES string of the molecule is CCC(Oc1ccccc1)(Oc1ccccc1)c1nc(Cc2ccc(-c3ccccc3-c3nn[nH]n3)cc2)n(C2CCCCC2)n1. The van der Waals surface area contributed by atoms with E-state index in [1.165, 1.54) is 19.3 Å². The van der Waals surface area contributed by atoms with Gasteiger partial charge in [0.25, 0.3) is 0 Å². The van der Waals surface area contributed by atoms with E-state index in [1.54, 1.807) is 0 Å². The van der Waals surface area contributed by atoms with E-state index in [2.05, 4.69) is 62.6 Å². The van der Waals surface area contributed by atoms with E-state index in [9.17, 15) is 0 Å². The standard InChI is InChI=1S/C37H37N7O2/c1-2-37(45-30-16-8-4-9-17-30,46-31-18-10-5-11-19-31)36-38-34(44(41-36)29-14-6-3-7-15-29)26-27-22-24-28(25-23-27)32-20-12-13-21-33(32)35-39-42-43-40-35/h4-5,8-13,16-25,29H,2-3,6-7,14-15,26H2,1H3,(H,39,40,42,43). The zero-order valence-corrected chi connectivity index (χ0v) is 25.9. The number of hydrogen-bond donors (Lipinski definition) is 1. The van der Waals surface area contributed by atoms with Crippen LogP contribution in [0.2, 0.25) is 0 Å². The molecule has 0 saturated heterocycles. The second kappa shape index (κ2) is 13.4. The maximum atomic E-state index is 6.68.